The fourth-order valence-corrected chi connectivity index (χ4v) is 4.13. The zero-order chi connectivity index (χ0) is 24.0. The molecule has 4 rings (SSSR count). The number of hydrogen-bond donors (Lipinski definition) is 0. The number of rotatable bonds is 5. The largest absolute Gasteiger partial charge is 0.457 e. The average Bonchev–Trinajstić information content (AvgIpc) is 3.13. The highest BCUT2D eigenvalue weighted by atomic mass is 32.2. The molecule has 4 aromatic rings. The van der Waals surface area contributed by atoms with E-state index in [2.05, 4.69) is 10.1 Å². The number of aromatic nitrogens is 3. The van der Waals surface area contributed by atoms with E-state index in [1.54, 1.807) is 36.4 Å². The Morgan fingerprint density at radius 3 is 2.30 bits per heavy atom. The van der Waals surface area contributed by atoms with Crippen LogP contribution in [0.3, 0.4) is 0 Å². The molecular weight excluding hydrogens is 455 g/mol. The van der Waals surface area contributed by atoms with Crippen LogP contribution in [0.5, 0.6) is 11.5 Å². The number of fused-ring (bicyclic) bond motifs is 1. The maximum atomic E-state index is 13.5. The van der Waals surface area contributed by atoms with Crippen molar-refractivity contribution in [3.05, 3.63) is 72.1 Å². The van der Waals surface area contributed by atoms with Gasteiger partial charge in [0.05, 0.1) is 16.3 Å². The van der Waals surface area contributed by atoms with Crippen molar-refractivity contribution in [3.8, 4) is 22.8 Å². The molecule has 0 aliphatic rings. The van der Waals surface area contributed by atoms with Gasteiger partial charge in [-0.25, -0.2) is 17.9 Å². The van der Waals surface area contributed by atoms with Gasteiger partial charge in [-0.05, 0) is 42.3 Å². The molecule has 2 aromatic carbocycles. The smallest absolute Gasteiger partial charge is 0.420 e. The van der Waals surface area contributed by atoms with Crippen molar-refractivity contribution in [2.45, 2.75) is 30.8 Å². The minimum atomic E-state index is -4.57. The zero-order valence-corrected chi connectivity index (χ0v) is 18.8. The first-order valence-corrected chi connectivity index (χ1v) is 11.9. The summed E-state index contributed by atoms with van der Waals surface area (Å²) < 4.78 is 71.3. The van der Waals surface area contributed by atoms with E-state index in [0.29, 0.717) is 28.5 Å². The molecule has 0 saturated heterocycles. The summed E-state index contributed by atoms with van der Waals surface area (Å²) >= 11 is 0. The molecule has 0 spiro atoms. The second kappa shape index (κ2) is 8.18. The summed E-state index contributed by atoms with van der Waals surface area (Å²) in [6.07, 6.45) is -2.37. The summed E-state index contributed by atoms with van der Waals surface area (Å²) in [5, 5.41) is 4.13. The molecule has 0 bridgehead atoms. The zero-order valence-electron chi connectivity index (χ0n) is 18.0. The Balaban J connectivity index is 1.82. The fraction of sp³-hybridized carbons (Fsp3) is 0.217. The topological polar surface area (TPSA) is 73.6 Å². The van der Waals surface area contributed by atoms with Crippen LogP contribution in [0.1, 0.15) is 31.0 Å². The Labute approximate surface area is 188 Å². The second-order valence-electron chi connectivity index (χ2n) is 7.86. The molecule has 0 aliphatic carbocycles. The normalized spacial score (nSPS) is 12.5. The molecule has 0 atom stereocenters. The summed E-state index contributed by atoms with van der Waals surface area (Å²) in [5.41, 5.74) is 0.332. The molecule has 0 radical (unpaired) electrons. The van der Waals surface area contributed by atoms with Gasteiger partial charge in [-0.15, -0.1) is 0 Å². The first-order valence-electron chi connectivity index (χ1n) is 9.98. The molecule has 2 aromatic heterocycles. The number of halogens is 3. The molecule has 0 amide bonds. The lowest BCUT2D eigenvalue weighted by molar-refractivity contribution is -0.136. The maximum Gasteiger partial charge on any atom is 0.420 e. The maximum absolute atomic E-state index is 13.5. The van der Waals surface area contributed by atoms with Gasteiger partial charge in [-0.3, -0.25) is 0 Å². The van der Waals surface area contributed by atoms with Crippen LogP contribution in [0.2, 0.25) is 0 Å². The fourth-order valence-electron chi connectivity index (χ4n) is 3.47. The first kappa shape index (κ1) is 22.8. The van der Waals surface area contributed by atoms with Gasteiger partial charge < -0.3 is 4.74 Å². The summed E-state index contributed by atoms with van der Waals surface area (Å²) in [6, 6.07) is 13.7. The Hall–Kier alpha value is -3.40. The van der Waals surface area contributed by atoms with Gasteiger partial charge in [0, 0.05) is 18.0 Å². The number of benzene rings is 2. The van der Waals surface area contributed by atoms with Crippen molar-refractivity contribution in [3.63, 3.8) is 0 Å². The molecule has 10 heteroatoms. The van der Waals surface area contributed by atoms with Crippen LogP contribution in [0, 0.1) is 0 Å². The van der Waals surface area contributed by atoms with E-state index in [4.69, 9.17) is 4.74 Å². The van der Waals surface area contributed by atoms with Crippen molar-refractivity contribution in [1.29, 1.82) is 0 Å². The van der Waals surface area contributed by atoms with Crippen molar-refractivity contribution in [2.24, 2.45) is 0 Å². The average molecular weight is 475 g/mol. The summed E-state index contributed by atoms with van der Waals surface area (Å²) in [5.74, 6) is 0.531. The number of hydrogen-bond acceptors (Lipinski definition) is 5. The van der Waals surface area contributed by atoms with E-state index >= 15 is 0 Å². The first-order chi connectivity index (χ1) is 15.4. The Morgan fingerprint density at radius 2 is 1.67 bits per heavy atom. The van der Waals surface area contributed by atoms with Gasteiger partial charge in [-0.2, -0.15) is 18.3 Å². The quantitative estimate of drug-likeness (QED) is 0.368. The summed E-state index contributed by atoms with van der Waals surface area (Å²) in [4.78, 5) is 4.39. The monoisotopic (exact) mass is 475 g/mol. The van der Waals surface area contributed by atoms with Crippen molar-refractivity contribution < 1.29 is 26.3 Å². The van der Waals surface area contributed by atoms with E-state index in [0.717, 1.165) is 18.5 Å². The lowest BCUT2D eigenvalue weighted by atomic mass is 10.0. The number of ether oxygens (including phenoxy) is 1. The van der Waals surface area contributed by atoms with Gasteiger partial charge in [0.1, 0.15) is 17.1 Å². The number of alkyl halides is 3. The molecular formula is C23H20F3N3O3S. The summed E-state index contributed by atoms with van der Waals surface area (Å²) in [6.45, 7) is 3.69. The number of sulfone groups is 1. The lowest BCUT2D eigenvalue weighted by Crippen LogP contribution is -2.09. The van der Waals surface area contributed by atoms with Crippen LogP contribution in [-0.4, -0.2) is 29.3 Å². The van der Waals surface area contributed by atoms with E-state index in [9.17, 15) is 21.6 Å². The van der Waals surface area contributed by atoms with Gasteiger partial charge in [0.15, 0.2) is 15.5 Å². The minimum absolute atomic E-state index is 0.115. The SMILES string of the molecule is CC(C)c1nc2c(C(F)(F)F)ccnn2c1-c1cccc(Oc2cccc(S(C)(=O)=O)c2)c1. The molecule has 172 valence electrons. The molecule has 0 unspecified atom stereocenters. The Kier molecular flexibility index (Phi) is 5.65. The number of imidazole rings is 1. The van der Waals surface area contributed by atoms with E-state index in [-0.39, 0.29) is 16.5 Å². The van der Waals surface area contributed by atoms with Gasteiger partial charge in [0.2, 0.25) is 0 Å². The molecule has 0 saturated carbocycles. The van der Waals surface area contributed by atoms with Crippen LogP contribution >= 0.6 is 0 Å². The molecule has 0 aliphatic heterocycles. The van der Waals surface area contributed by atoms with Gasteiger partial charge in [0.25, 0.3) is 0 Å². The van der Waals surface area contributed by atoms with Crippen molar-refractivity contribution in [2.75, 3.05) is 6.26 Å². The van der Waals surface area contributed by atoms with Crippen LogP contribution in [0.25, 0.3) is 16.9 Å². The third kappa shape index (κ3) is 4.56. The van der Waals surface area contributed by atoms with Crippen LogP contribution in [-0.2, 0) is 16.0 Å². The van der Waals surface area contributed by atoms with Crippen molar-refractivity contribution >= 4 is 15.5 Å². The van der Waals surface area contributed by atoms with Crippen LogP contribution in [0.4, 0.5) is 13.2 Å². The standard InChI is InChI=1S/C23H20F3N3O3S/c1-14(2)20-21(29-22(28-20)19(10-11-27-29)23(24,25)26)15-6-4-7-16(12-15)32-17-8-5-9-18(13-17)33(3,30)31/h4-14H,1-3H3. The highest BCUT2D eigenvalue weighted by Gasteiger charge is 2.35. The summed E-state index contributed by atoms with van der Waals surface area (Å²) in [7, 11) is -3.41. The third-order valence-corrected chi connectivity index (χ3v) is 6.08. The van der Waals surface area contributed by atoms with Gasteiger partial charge in [-0.1, -0.05) is 32.0 Å². The second-order valence-corrected chi connectivity index (χ2v) is 9.87. The molecule has 0 N–H and O–H groups in total. The highest BCUT2D eigenvalue weighted by Crippen LogP contribution is 2.37. The third-order valence-electron chi connectivity index (χ3n) is 4.97. The predicted octanol–water partition coefficient (Wildman–Crippen LogP) is 5.73. The molecule has 6 nitrogen and oxygen atoms in total. The van der Waals surface area contributed by atoms with Crippen LogP contribution in [0.15, 0.2) is 65.7 Å². The molecule has 0 fully saturated rings. The molecule has 2 heterocycles. The van der Waals surface area contributed by atoms with E-state index in [1.165, 1.54) is 16.6 Å². The van der Waals surface area contributed by atoms with E-state index < -0.39 is 21.6 Å². The lowest BCUT2D eigenvalue weighted by Gasteiger charge is -2.11. The number of nitrogens with zero attached hydrogens (tertiary/aromatic N) is 3. The minimum Gasteiger partial charge on any atom is -0.457 e. The van der Waals surface area contributed by atoms with Gasteiger partial charge >= 0.3 is 6.18 Å². The Morgan fingerprint density at radius 1 is 1.00 bits per heavy atom. The highest BCUT2D eigenvalue weighted by molar-refractivity contribution is 7.90. The van der Waals surface area contributed by atoms with Crippen molar-refractivity contribution in [1.82, 2.24) is 14.6 Å². The van der Waals surface area contributed by atoms with E-state index in [1.807, 2.05) is 13.8 Å². The Bertz CT molecular complexity index is 1440. The molecule has 33 heavy (non-hydrogen) atoms. The van der Waals surface area contributed by atoms with Crippen LogP contribution < -0.4 is 4.74 Å². The predicted molar refractivity (Wildman–Crippen MR) is 117 cm³/mol.